The quantitative estimate of drug-likeness (QED) is 0.287. The Labute approximate surface area is 198 Å². The second-order valence-electron chi connectivity index (χ2n) is 8.21. The number of nitrogens with zero attached hydrogens (tertiary/aromatic N) is 1. The first-order valence-corrected chi connectivity index (χ1v) is 12.9. The van der Waals surface area contributed by atoms with E-state index in [1.54, 1.807) is 12.2 Å². The van der Waals surface area contributed by atoms with Gasteiger partial charge in [0.05, 0.1) is 16.3 Å². The minimum atomic E-state index is -3.93. The van der Waals surface area contributed by atoms with Crippen LogP contribution in [0.1, 0.15) is 32.1 Å². The molecule has 0 aromatic rings. The lowest BCUT2D eigenvalue weighted by molar-refractivity contribution is -0.0479. The lowest BCUT2D eigenvalue weighted by atomic mass is 9.89. The maximum absolute atomic E-state index is 13.9. The van der Waals surface area contributed by atoms with Gasteiger partial charge in [-0.05, 0) is 73.8 Å². The van der Waals surface area contributed by atoms with Gasteiger partial charge in [-0.25, -0.2) is 12.8 Å². The third-order valence-corrected chi connectivity index (χ3v) is 9.04. The Hall–Kier alpha value is -1.22. The molecular weight excluding hydrogens is 476 g/mol. The molecule has 2 aliphatic carbocycles. The van der Waals surface area contributed by atoms with Gasteiger partial charge in [0.1, 0.15) is 5.83 Å². The first-order valence-electron chi connectivity index (χ1n) is 10.6. The van der Waals surface area contributed by atoms with E-state index in [1.807, 2.05) is 6.08 Å². The molecule has 1 heterocycles. The van der Waals surface area contributed by atoms with E-state index in [0.717, 1.165) is 12.8 Å². The first kappa shape index (κ1) is 25.4. The summed E-state index contributed by atoms with van der Waals surface area (Å²) in [4.78, 5) is 0.0688. The molecule has 32 heavy (non-hydrogen) atoms. The van der Waals surface area contributed by atoms with Gasteiger partial charge < -0.3 is 10.2 Å². The van der Waals surface area contributed by atoms with Gasteiger partial charge in [-0.2, -0.15) is 4.31 Å². The summed E-state index contributed by atoms with van der Waals surface area (Å²) in [5.74, 6) is -0.793. The van der Waals surface area contributed by atoms with Crippen LogP contribution < -0.4 is 0 Å². The normalized spacial score (nSPS) is 29.7. The fourth-order valence-corrected chi connectivity index (χ4v) is 6.72. The van der Waals surface area contributed by atoms with E-state index >= 15 is 0 Å². The summed E-state index contributed by atoms with van der Waals surface area (Å²) in [6.07, 6.45) is 11.5. The van der Waals surface area contributed by atoms with E-state index in [1.165, 1.54) is 28.6 Å². The lowest BCUT2D eigenvalue weighted by Crippen LogP contribution is -2.37. The van der Waals surface area contributed by atoms with E-state index in [-0.39, 0.29) is 36.1 Å². The average Bonchev–Trinajstić information content (AvgIpc) is 3.10. The predicted molar refractivity (Wildman–Crippen MR) is 126 cm³/mol. The van der Waals surface area contributed by atoms with Crippen LogP contribution in [0.5, 0.6) is 0 Å². The fraction of sp³-hybridized carbons (Fsp3) is 0.478. The van der Waals surface area contributed by atoms with E-state index in [0.29, 0.717) is 17.0 Å². The van der Waals surface area contributed by atoms with Crippen molar-refractivity contribution in [1.82, 2.24) is 4.31 Å². The van der Waals surface area contributed by atoms with Crippen LogP contribution >= 0.6 is 23.2 Å². The maximum atomic E-state index is 13.9. The number of sulfonamides is 1. The van der Waals surface area contributed by atoms with E-state index in [4.69, 9.17) is 23.2 Å². The van der Waals surface area contributed by atoms with Crippen molar-refractivity contribution < 1.29 is 23.0 Å². The number of rotatable bonds is 8. The van der Waals surface area contributed by atoms with Gasteiger partial charge in [0.25, 0.3) is 0 Å². The molecule has 0 bridgehead atoms. The molecule has 0 saturated carbocycles. The van der Waals surface area contributed by atoms with Crippen molar-refractivity contribution >= 4 is 33.2 Å². The molecule has 3 aliphatic rings. The van der Waals surface area contributed by atoms with Crippen molar-refractivity contribution in [2.24, 2.45) is 11.8 Å². The van der Waals surface area contributed by atoms with Gasteiger partial charge in [0, 0.05) is 11.6 Å². The summed E-state index contributed by atoms with van der Waals surface area (Å²) in [7, 11) is -3.93. The van der Waals surface area contributed by atoms with Gasteiger partial charge in [-0.1, -0.05) is 36.4 Å². The van der Waals surface area contributed by atoms with Crippen molar-refractivity contribution in [3.05, 3.63) is 70.4 Å². The van der Waals surface area contributed by atoms with E-state index in [2.05, 4.69) is 6.58 Å². The first-order chi connectivity index (χ1) is 15.1. The van der Waals surface area contributed by atoms with Crippen LogP contribution in [0.4, 0.5) is 4.39 Å². The van der Waals surface area contributed by atoms with E-state index < -0.39 is 33.6 Å². The van der Waals surface area contributed by atoms with Gasteiger partial charge in [-0.15, -0.1) is 11.6 Å². The SMILES string of the molecule is C=C/C=C(\C=C\C1CCC=C(Cl)C1Cl)S(=O)(=O)N1CC(CCC(O)O)C2=CC(F)=CC[C@@H]21. The standard InChI is InChI=1S/C23H28Cl2FNO4S/c1-2-4-18(10-7-15-5-3-6-20(24)23(15)25)32(30,31)27-14-16(8-12-22(28)29)19-13-17(26)9-11-21(19)27/h2,4,6-7,9-10,13,15-16,21-23,28-29H,1,3,5,8,11-12,14H2/b10-7+,18-4+/t15?,16?,21-,23?/m0/s1. The molecule has 0 aromatic carbocycles. The van der Waals surface area contributed by atoms with Crippen LogP contribution in [0, 0.1) is 11.8 Å². The molecule has 9 heteroatoms. The number of aliphatic hydroxyl groups excluding tert-OH is 1. The number of alkyl halides is 1. The number of allylic oxidation sites excluding steroid dienone is 8. The number of hydrogen-bond donors (Lipinski definition) is 2. The summed E-state index contributed by atoms with van der Waals surface area (Å²) < 4.78 is 42.5. The third-order valence-electron chi connectivity index (χ3n) is 6.09. The highest BCUT2D eigenvalue weighted by molar-refractivity contribution is 7.93. The molecule has 0 amide bonds. The van der Waals surface area contributed by atoms with Gasteiger partial charge in [0.2, 0.25) is 10.0 Å². The smallest absolute Gasteiger partial charge is 0.243 e. The molecule has 0 radical (unpaired) electrons. The second kappa shape index (κ2) is 10.8. The number of aliphatic hydroxyl groups is 2. The van der Waals surface area contributed by atoms with Gasteiger partial charge >= 0.3 is 0 Å². The Morgan fingerprint density at radius 1 is 1.38 bits per heavy atom. The molecule has 1 saturated heterocycles. The molecule has 0 spiro atoms. The zero-order chi connectivity index (χ0) is 23.5. The molecule has 176 valence electrons. The van der Waals surface area contributed by atoms with E-state index in [9.17, 15) is 23.0 Å². The lowest BCUT2D eigenvalue weighted by Gasteiger charge is -2.26. The summed E-state index contributed by atoms with van der Waals surface area (Å²) in [5, 5.41) is 18.6. The Kier molecular flexibility index (Phi) is 8.58. The molecule has 2 N–H and O–H groups in total. The van der Waals surface area contributed by atoms with Gasteiger partial charge in [0.15, 0.2) is 6.29 Å². The van der Waals surface area contributed by atoms with Crippen LogP contribution in [-0.4, -0.2) is 47.2 Å². The molecule has 4 atom stereocenters. The highest BCUT2D eigenvalue weighted by Crippen LogP contribution is 2.41. The maximum Gasteiger partial charge on any atom is 0.243 e. The van der Waals surface area contributed by atoms with Crippen molar-refractivity contribution in [2.45, 2.75) is 49.8 Å². The highest BCUT2D eigenvalue weighted by Gasteiger charge is 2.44. The molecular formula is C23H28Cl2FNO4S. The summed E-state index contributed by atoms with van der Waals surface area (Å²) in [6, 6.07) is -0.505. The number of halogens is 3. The Balaban J connectivity index is 1.87. The zero-order valence-corrected chi connectivity index (χ0v) is 19.9. The molecule has 1 fully saturated rings. The molecule has 5 nitrogen and oxygen atoms in total. The fourth-order valence-electron chi connectivity index (χ4n) is 4.44. The van der Waals surface area contributed by atoms with Crippen molar-refractivity contribution in [3.8, 4) is 0 Å². The Morgan fingerprint density at radius 2 is 2.12 bits per heavy atom. The van der Waals surface area contributed by atoms with Crippen LogP contribution in [0.25, 0.3) is 0 Å². The minimum absolute atomic E-state index is 0.0688. The van der Waals surface area contributed by atoms with Crippen LogP contribution in [0.15, 0.2) is 70.4 Å². The molecule has 1 aliphatic heterocycles. The predicted octanol–water partition coefficient (Wildman–Crippen LogP) is 4.66. The molecule has 3 rings (SSSR count). The number of fused-ring (bicyclic) bond motifs is 1. The zero-order valence-electron chi connectivity index (χ0n) is 17.6. The summed E-state index contributed by atoms with van der Waals surface area (Å²) in [6.45, 7) is 3.79. The average molecular weight is 504 g/mol. The summed E-state index contributed by atoms with van der Waals surface area (Å²) >= 11 is 12.5. The Bertz CT molecular complexity index is 984. The van der Waals surface area contributed by atoms with Crippen molar-refractivity contribution in [2.75, 3.05) is 6.54 Å². The number of hydrogen-bond acceptors (Lipinski definition) is 4. The molecule has 0 aromatic heterocycles. The van der Waals surface area contributed by atoms with Gasteiger partial charge in [-0.3, -0.25) is 0 Å². The monoisotopic (exact) mass is 503 g/mol. The minimum Gasteiger partial charge on any atom is -0.368 e. The summed E-state index contributed by atoms with van der Waals surface area (Å²) in [5.41, 5.74) is 0.668. The highest BCUT2D eigenvalue weighted by atomic mass is 35.5. The second-order valence-corrected chi connectivity index (χ2v) is 11.0. The largest absolute Gasteiger partial charge is 0.368 e. The molecule has 3 unspecified atom stereocenters. The van der Waals surface area contributed by atoms with Crippen LogP contribution in [0.3, 0.4) is 0 Å². The van der Waals surface area contributed by atoms with Crippen molar-refractivity contribution in [3.63, 3.8) is 0 Å². The topological polar surface area (TPSA) is 77.8 Å². The van der Waals surface area contributed by atoms with Crippen molar-refractivity contribution in [1.29, 1.82) is 0 Å². The Morgan fingerprint density at radius 3 is 2.81 bits per heavy atom. The van der Waals surface area contributed by atoms with Crippen LogP contribution in [0.2, 0.25) is 0 Å². The van der Waals surface area contributed by atoms with Crippen LogP contribution in [-0.2, 0) is 10.0 Å². The third kappa shape index (κ3) is 5.64.